The monoisotopic (exact) mass is 455 g/mol. The van der Waals surface area contributed by atoms with Crippen molar-refractivity contribution in [1.29, 1.82) is 0 Å². The average Bonchev–Trinajstić information content (AvgIpc) is 2.78. The minimum atomic E-state index is -4.03. The van der Waals surface area contributed by atoms with Crippen LogP contribution in [0.3, 0.4) is 0 Å². The molecule has 3 rings (SSSR count). The van der Waals surface area contributed by atoms with Crippen LogP contribution in [0.15, 0.2) is 71.6 Å². The van der Waals surface area contributed by atoms with Gasteiger partial charge in [0.2, 0.25) is 10.0 Å². The molecule has 0 fully saturated rings. The Labute approximate surface area is 188 Å². The topological polar surface area (TPSA) is 113 Å². The number of nitrogens with two attached hydrogens (primary N) is 1. The van der Waals surface area contributed by atoms with Crippen molar-refractivity contribution in [3.63, 3.8) is 0 Å². The zero-order chi connectivity index (χ0) is 23.3. The SMILES string of the molecule is CC(C)[C@H](C(=O)NO)N(CCCc1ccccc1)S(=O)(=O)c1ccc2cc(N)ccc2c1. The van der Waals surface area contributed by atoms with E-state index in [4.69, 9.17) is 5.73 Å². The standard InChI is InChI=1S/C24H29N3O4S/c1-17(2)23(24(28)26-29)27(14-6-9-18-7-4-3-5-8-18)32(30,31)22-13-11-19-15-21(25)12-10-20(19)16-22/h3-5,7-8,10-13,15-17,23,29H,6,9,14,25H2,1-2H3,(H,26,28)/t23-/m1/s1. The fourth-order valence-electron chi connectivity index (χ4n) is 3.86. The van der Waals surface area contributed by atoms with E-state index in [2.05, 4.69) is 0 Å². The summed E-state index contributed by atoms with van der Waals surface area (Å²) in [6.07, 6.45) is 1.19. The maximum atomic E-state index is 13.7. The molecule has 8 heteroatoms. The van der Waals surface area contributed by atoms with Gasteiger partial charge in [0.25, 0.3) is 5.91 Å². The molecule has 0 aliphatic rings. The minimum absolute atomic E-state index is 0.0888. The molecule has 7 nitrogen and oxygen atoms in total. The van der Waals surface area contributed by atoms with Gasteiger partial charge in [0, 0.05) is 12.2 Å². The molecule has 0 radical (unpaired) electrons. The van der Waals surface area contributed by atoms with Crippen LogP contribution in [0.25, 0.3) is 10.8 Å². The molecule has 0 saturated heterocycles. The van der Waals surface area contributed by atoms with Gasteiger partial charge in [0.15, 0.2) is 0 Å². The molecule has 0 heterocycles. The number of sulfonamides is 1. The Kier molecular flexibility index (Phi) is 7.50. The van der Waals surface area contributed by atoms with E-state index in [0.29, 0.717) is 18.5 Å². The molecule has 1 atom stereocenters. The van der Waals surface area contributed by atoms with E-state index in [0.717, 1.165) is 16.3 Å². The van der Waals surface area contributed by atoms with Crippen molar-refractivity contribution < 1.29 is 18.4 Å². The van der Waals surface area contributed by atoms with Crippen LogP contribution in [-0.2, 0) is 21.2 Å². The summed E-state index contributed by atoms with van der Waals surface area (Å²) in [6.45, 7) is 3.64. The first-order valence-electron chi connectivity index (χ1n) is 10.5. The molecular weight excluding hydrogens is 426 g/mol. The third-order valence-electron chi connectivity index (χ3n) is 5.45. The molecule has 0 aliphatic carbocycles. The number of hydrogen-bond donors (Lipinski definition) is 3. The maximum Gasteiger partial charge on any atom is 0.262 e. The third-order valence-corrected chi connectivity index (χ3v) is 7.33. The number of rotatable bonds is 9. The first-order chi connectivity index (χ1) is 15.2. The number of fused-ring (bicyclic) bond motifs is 1. The number of nitrogens with one attached hydrogen (secondary N) is 1. The Balaban J connectivity index is 1.97. The van der Waals surface area contributed by atoms with Crippen molar-refractivity contribution in [1.82, 2.24) is 9.79 Å². The van der Waals surface area contributed by atoms with Gasteiger partial charge in [-0.2, -0.15) is 4.31 Å². The van der Waals surface area contributed by atoms with Gasteiger partial charge in [-0.15, -0.1) is 0 Å². The van der Waals surface area contributed by atoms with Crippen molar-refractivity contribution in [2.75, 3.05) is 12.3 Å². The summed E-state index contributed by atoms with van der Waals surface area (Å²) in [4.78, 5) is 12.6. The van der Waals surface area contributed by atoms with Crippen LogP contribution in [0, 0.1) is 5.92 Å². The van der Waals surface area contributed by atoms with Crippen molar-refractivity contribution in [3.8, 4) is 0 Å². The summed E-state index contributed by atoms with van der Waals surface area (Å²) >= 11 is 0. The second-order valence-corrected chi connectivity index (χ2v) is 10.0. The molecule has 3 aromatic rings. The summed E-state index contributed by atoms with van der Waals surface area (Å²) in [5.74, 6) is -1.11. The highest BCUT2D eigenvalue weighted by Gasteiger charge is 2.37. The highest BCUT2D eigenvalue weighted by molar-refractivity contribution is 7.89. The lowest BCUT2D eigenvalue weighted by Gasteiger charge is -2.32. The Morgan fingerprint density at radius 3 is 2.34 bits per heavy atom. The quantitative estimate of drug-likeness (QED) is 0.259. The molecule has 0 saturated carbocycles. The lowest BCUT2D eigenvalue weighted by atomic mass is 10.0. The van der Waals surface area contributed by atoms with E-state index in [9.17, 15) is 18.4 Å². The first-order valence-corrected chi connectivity index (χ1v) is 12.0. The molecule has 3 aromatic carbocycles. The Morgan fingerprint density at radius 2 is 1.69 bits per heavy atom. The normalized spacial score (nSPS) is 12.9. The molecule has 170 valence electrons. The van der Waals surface area contributed by atoms with Gasteiger partial charge in [-0.3, -0.25) is 10.0 Å². The second-order valence-electron chi connectivity index (χ2n) is 8.14. The van der Waals surface area contributed by atoms with Crippen molar-refractivity contribution in [2.45, 2.75) is 37.6 Å². The number of carbonyl (C=O) groups excluding carboxylic acids is 1. The molecule has 1 amide bonds. The van der Waals surface area contributed by atoms with Crippen LogP contribution >= 0.6 is 0 Å². The van der Waals surface area contributed by atoms with Gasteiger partial charge < -0.3 is 5.73 Å². The van der Waals surface area contributed by atoms with E-state index in [1.807, 2.05) is 30.3 Å². The fourth-order valence-corrected chi connectivity index (χ4v) is 5.66. The minimum Gasteiger partial charge on any atom is -0.399 e. The second kappa shape index (κ2) is 10.1. The number of nitrogens with zero attached hydrogens (tertiary/aromatic N) is 1. The summed E-state index contributed by atoms with van der Waals surface area (Å²) in [7, 11) is -4.03. The Hall–Kier alpha value is -2.94. The number of amides is 1. The summed E-state index contributed by atoms with van der Waals surface area (Å²) in [5, 5.41) is 10.8. The van der Waals surface area contributed by atoms with Gasteiger partial charge in [-0.1, -0.05) is 56.3 Å². The van der Waals surface area contributed by atoms with Crippen molar-refractivity contribution in [2.24, 2.45) is 5.92 Å². The highest BCUT2D eigenvalue weighted by Crippen LogP contribution is 2.27. The number of carbonyl (C=O) groups is 1. The number of hydroxylamine groups is 1. The van der Waals surface area contributed by atoms with Gasteiger partial charge in [-0.05, 0) is 59.4 Å². The molecule has 32 heavy (non-hydrogen) atoms. The fraction of sp³-hybridized carbons (Fsp3) is 0.292. The van der Waals surface area contributed by atoms with Gasteiger partial charge in [-0.25, -0.2) is 13.9 Å². The highest BCUT2D eigenvalue weighted by atomic mass is 32.2. The number of anilines is 1. The Morgan fingerprint density at radius 1 is 1.03 bits per heavy atom. The summed E-state index contributed by atoms with van der Waals surface area (Å²) < 4.78 is 28.6. The first kappa shape index (κ1) is 23.7. The third kappa shape index (κ3) is 5.27. The molecule has 4 N–H and O–H groups in total. The van der Waals surface area contributed by atoms with Gasteiger partial charge in [0.1, 0.15) is 6.04 Å². The summed E-state index contributed by atoms with van der Waals surface area (Å²) in [5.41, 5.74) is 9.14. The van der Waals surface area contributed by atoms with E-state index in [1.165, 1.54) is 10.4 Å². The van der Waals surface area contributed by atoms with Crippen molar-refractivity contribution in [3.05, 3.63) is 72.3 Å². The predicted octanol–water partition coefficient (Wildman–Crippen LogP) is 3.58. The number of aryl methyl sites for hydroxylation is 1. The van der Waals surface area contributed by atoms with Crippen LogP contribution in [0.1, 0.15) is 25.8 Å². The number of benzene rings is 3. The molecule has 0 aromatic heterocycles. The molecular formula is C24H29N3O4S. The van der Waals surface area contributed by atoms with Crippen LogP contribution in [0.4, 0.5) is 5.69 Å². The van der Waals surface area contributed by atoms with E-state index in [-0.39, 0.29) is 17.4 Å². The van der Waals surface area contributed by atoms with E-state index >= 15 is 0 Å². The molecule has 0 bridgehead atoms. The van der Waals surface area contributed by atoms with Gasteiger partial charge in [0.05, 0.1) is 4.90 Å². The summed E-state index contributed by atoms with van der Waals surface area (Å²) in [6, 6.07) is 18.8. The zero-order valence-electron chi connectivity index (χ0n) is 18.2. The van der Waals surface area contributed by atoms with Crippen LogP contribution < -0.4 is 11.2 Å². The smallest absolute Gasteiger partial charge is 0.262 e. The number of nitrogen functional groups attached to an aromatic ring is 1. The zero-order valence-corrected chi connectivity index (χ0v) is 19.0. The lowest BCUT2D eigenvalue weighted by molar-refractivity contribution is -0.134. The largest absolute Gasteiger partial charge is 0.399 e. The van der Waals surface area contributed by atoms with Crippen LogP contribution in [0.2, 0.25) is 0 Å². The van der Waals surface area contributed by atoms with E-state index < -0.39 is 22.0 Å². The van der Waals surface area contributed by atoms with Gasteiger partial charge >= 0.3 is 0 Å². The Bertz CT molecular complexity index is 1180. The van der Waals surface area contributed by atoms with Crippen molar-refractivity contribution >= 4 is 32.4 Å². The van der Waals surface area contributed by atoms with E-state index in [1.54, 1.807) is 49.7 Å². The number of hydrogen-bond acceptors (Lipinski definition) is 5. The molecule has 0 spiro atoms. The average molecular weight is 456 g/mol. The lowest BCUT2D eigenvalue weighted by Crippen LogP contribution is -2.52. The van der Waals surface area contributed by atoms with Crippen LogP contribution in [0.5, 0.6) is 0 Å². The molecule has 0 unspecified atom stereocenters. The maximum absolute atomic E-state index is 13.7. The predicted molar refractivity (Wildman–Crippen MR) is 126 cm³/mol. The van der Waals surface area contributed by atoms with Crippen LogP contribution in [-0.4, -0.2) is 36.4 Å². The molecule has 0 aliphatic heterocycles.